The van der Waals surface area contributed by atoms with E-state index >= 15 is 0 Å². The number of anilines is 3. The van der Waals surface area contributed by atoms with E-state index in [-0.39, 0.29) is 10.8 Å². The molecule has 0 saturated heterocycles. The number of H-pyrrole nitrogens is 1. The van der Waals surface area contributed by atoms with Gasteiger partial charge in [-0.05, 0) is 124 Å². The zero-order valence-corrected chi connectivity index (χ0v) is 39.6. The average molecular weight is 873 g/mol. The van der Waals surface area contributed by atoms with Gasteiger partial charge in [-0.25, -0.2) is 0 Å². The maximum atomic E-state index is 4.03. The van der Waals surface area contributed by atoms with Gasteiger partial charge in [-0.3, -0.25) is 0 Å². The molecule has 0 spiro atoms. The SMILES string of the molecule is Cc1ccc2c(c1-c1cc(C(C)(C)C)cc3c1[nH]c1ccc(C(C)(C)C)cc13)Bc1c(cc3c4ccccc4n4c5ccccc5c1c34)N2c1cc2c3ccccc3n3c4ccccc4c(c1)c23. The Morgan fingerprint density at radius 2 is 0.985 bits per heavy atom. The first-order valence-corrected chi connectivity index (χ1v) is 24.3. The van der Waals surface area contributed by atoms with Crippen LogP contribution < -0.4 is 15.8 Å². The van der Waals surface area contributed by atoms with Gasteiger partial charge in [-0.2, -0.15) is 0 Å². The third-order valence-electron chi connectivity index (χ3n) is 15.9. The second-order valence-electron chi connectivity index (χ2n) is 21.9. The topological polar surface area (TPSA) is 27.8 Å². The zero-order chi connectivity index (χ0) is 45.7. The van der Waals surface area contributed by atoms with Gasteiger partial charge in [0.1, 0.15) is 0 Å². The van der Waals surface area contributed by atoms with Gasteiger partial charge in [0.15, 0.2) is 7.28 Å². The lowest BCUT2D eigenvalue weighted by atomic mass is 9.56. The van der Waals surface area contributed by atoms with Crippen LogP contribution in [0.4, 0.5) is 17.1 Å². The van der Waals surface area contributed by atoms with E-state index in [0.717, 1.165) is 7.28 Å². The minimum atomic E-state index is -0.0717. The highest BCUT2D eigenvalue weighted by molar-refractivity contribution is 6.76. The van der Waals surface area contributed by atoms with E-state index in [1.54, 1.807) is 0 Å². The lowest BCUT2D eigenvalue weighted by molar-refractivity contribution is 0.590. The van der Waals surface area contributed by atoms with Crippen molar-refractivity contribution in [2.75, 3.05) is 4.90 Å². The summed E-state index contributed by atoms with van der Waals surface area (Å²) in [6.07, 6.45) is 0. The molecule has 68 heavy (non-hydrogen) atoms. The largest absolute Gasteiger partial charge is 0.354 e. The minimum absolute atomic E-state index is 0.0324. The number of aromatic amines is 1. The molecule has 9 aromatic carbocycles. The van der Waals surface area contributed by atoms with E-state index in [1.807, 2.05) is 0 Å². The fourth-order valence-electron chi connectivity index (χ4n) is 12.7. The summed E-state index contributed by atoms with van der Waals surface area (Å²) in [5.41, 5.74) is 22.9. The van der Waals surface area contributed by atoms with Gasteiger partial charge >= 0.3 is 0 Å². The van der Waals surface area contributed by atoms with Crippen LogP contribution in [0.25, 0.3) is 109 Å². The molecule has 0 bridgehead atoms. The number of aryl methyl sites for hydroxylation is 1. The van der Waals surface area contributed by atoms with Crippen molar-refractivity contribution in [1.29, 1.82) is 0 Å². The van der Waals surface area contributed by atoms with E-state index < -0.39 is 0 Å². The molecule has 1 N–H and O–H groups in total. The van der Waals surface area contributed by atoms with Gasteiger partial charge in [0.2, 0.25) is 0 Å². The number of rotatable bonds is 2. The zero-order valence-electron chi connectivity index (χ0n) is 39.6. The maximum Gasteiger partial charge on any atom is 0.199 e. The predicted octanol–water partition coefficient (Wildman–Crippen LogP) is 15.4. The highest BCUT2D eigenvalue weighted by Gasteiger charge is 2.35. The number of nitrogens with zero attached hydrogens (tertiary/aromatic N) is 3. The van der Waals surface area contributed by atoms with Crippen LogP contribution in [0.1, 0.15) is 58.2 Å². The van der Waals surface area contributed by atoms with Gasteiger partial charge in [0.05, 0.1) is 38.6 Å². The van der Waals surface area contributed by atoms with Crippen molar-refractivity contribution in [3.63, 3.8) is 0 Å². The first kappa shape index (κ1) is 38.4. The summed E-state index contributed by atoms with van der Waals surface area (Å²) in [5, 5.41) is 13.0. The second kappa shape index (κ2) is 12.8. The summed E-state index contributed by atoms with van der Waals surface area (Å²) in [6.45, 7) is 16.4. The van der Waals surface area contributed by atoms with Gasteiger partial charge in [0.25, 0.3) is 0 Å². The van der Waals surface area contributed by atoms with Crippen LogP contribution in [0.2, 0.25) is 0 Å². The normalized spacial score (nSPS) is 13.6. The molecular weight excluding hydrogens is 824 g/mol. The third-order valence-corrected chi connectivity index (χ3v) is 15.9. The third kappa shape index (κ3) is 4.86. The van der Waals surface area contributed by atoms with Gasteiger partial charge < -0.3 is 18.7 Å². The number of fused-ring (bicyclic) bond motifs is 18. The Hall–Kier alpha value is -7.76. The summed E-state index contributed by atoms with van der Waals surface area (Å²) in [4.78, 5) is 6.67. The molecular formula is C63H49BN4. The van der Waals surface area contributed by atoms with Crippen molar-refractivity contribution >= 4 is 133 Å². The standard InChI is InChI=1S/C63H49BN4/c1-34-24-27-53-57(55(34)47-30-36(63(5,6)7)29-43-42-28-35(62(2,3)4)25-26-48(42)65-59(43)47)64-58-54(33-46-40-18-10-14-22-51(40)68-52-23-15-11-19-41(52)56(58)61(46)68)66(53)37-31-44-38-16-8-12-20-49(38)67-50-21-13-9-17-39(50)45(32-37)60(44)67/h8-33,64-65H,1-7H3. The molecule has 5 aromatic heterocycles. The molecule has 14 aromatic rings. The van der Waals surface area contributed by atoms with E-state index in [2.05, 4.69) is 225 Å². The molecule has 5 heteroatoms. The Morgan fingerprint density at radius 3 is 1.60 bits per heavy atom. The minimum Gasteiger partial charge on any atom is -0.354 e. The highest BCUT2D eigenvalue weighted by Crippen LogP contribution is 2.49. The van der Waals surface area contributed by atoms with E-state index in [9.17, 15) is 0 Å². The van der Waals surface area contributed by atoms with Crippen LogP contribution in [0.3, 0.4) is 0 Å². The first-order chi connectivity index (χ1) is 32.9. The van der Waals surface area contributed by atoms with Crippen molar-refractivity contribution in [2.45, 2.75) is 59.3 Å². The van der Waals surface area contributed by atoms with E-state index in [0.29, 0.717) is 0 Å². The summed E-state index contributed by atoms with van der Waals surface area (Å²) in [5.74, 6) is 0. The maximum absolute atomic E-state index is 4.03. The molecule has 15 rings (SSSR count). The smallest absolute Gasteiger partial charge is 0.199 e. The number of nitrogens with one attached hydrogen (secondary N) is 1. The Bertz CT molecular complexity index is 4420. The van der Waals surface area contributed by atoms with Crippen LogP contribution in [-0.4, -0.2) is 21.1 Å². The second-order valence-corrected chi connectivity index (χ2v) is 21.9. The predicted molar refractivity (Wildman–Crippen MR) is 294 cm³/mol. The fraction of sp³-hybridized carbons (Fsp3) is 0.143. The first-order valence-electron chi connectivity index (χ1n) is 24.3. The monoisotopic (exact) mass is 872 g/mol. The van der Waals surface area contributed by atoms with Gasteiger partial charge in [-0.1, -0.05) is 126 Å². The van der Waals surface area contributed by atoms with Crippen LogP contribution >= 0.6 is 0 Å². The molecule has 6 heterocycles. The molecule has 0 radical (unpaired) electrons. The molecule has 0 saturated carbocycles. The molecule has 0 atom stereocenters. The Morgan fingerprint density at radius 1 is 0.441 bits per heavy atom. The summed E-state index contributed by atoms with van der Waals surface area (Å²) in [6, 6.07) is 60.4. The number of hydrogen-bond donors (Lipinski definition) is 1. The van der Waals surface area contributed by atoms with Crippen molar-refractivity contribution < 1.29 is 0 Å². The molecule has 0 fully saturated rings. The molecule has 324 valence electrons. The Labute approximate surface area is 394 Å². The number of aromatic nitrogens is 3. The van der Waals surface area contributed by atoms with Crippen molar-refractivity contribution in [2.24, 2.45) is 0 Å². The number of benzene rings is 9. The Kier molecular flexibility index (Phi) is 7.23. The Balaban J connectivity index is 1.11. The lowest BCUT2D eigenvalue weighted by Gasteiger charge is -2.36. The summed E-state index contributed by atoms with van der Waals surface area (Å²) < 4.78 is 5.03. The van der Waals surface area contributed by atoms with Crippen molar-refractivity contribution in [3.8, 4) is 11.1 Å². The van der Waals surface area contributed by atoms with E-state index in [1.165, 1.54) is 154 Å². The molecule has 0 amide bonds. The number of para-hydroxylation sites is 4. The molecule has 0 unspecified atom stereocenters. The summed E-state index contributed by atoms with van der Waals surface area (Å²) in [7, 11) is 0.798. The molecule has 1 aliphatic rings. The quantitative estimate of drug-likeness (QED) is 0.172. The van der Waals surface area contributed by atoms with Gasteiger partial charge in [0, 0.05) is 82.0 Å². The fourth-order valence-corrected chi connectivity index (χ4v) is 12.7. The van der Waals surface area contributed by atoms with Crippen molar-refractivity contribution in [3.05, 3.63) is 174 Å². The van der Waals surface area contributed by atoms with Crippen LogP contribution in [0.5, 0.6) is 0 Å². The average Bonchev–Trinajstić information content (AvgIpc) is 4.14. The highest BCUT2D eigenvalue weighted by atomic mass is 15.2. The molecule has 1 aliphatic heterocycles. The van der Waals surface area contributed by atoms with Crippen LogP contribution in [0.15, 0.2) is 158 Å². The molecule has 4 nitrogen and oxygen atoms in total. The van der Waals surface area contributed by atoms with Gasteiger partial charge in [-0.15, -0.1) is 0 Å². The van der Waals surface area contributed by atoms with Crippen LogP contribution in [0, 0.1) is 6.92 Å². The summed E-state index contributed by atoms with van der Waals surface area (Å²) >= 11 is 0. The lowest BCUT2D eigenvalue weighted by Crippen LogP contribution is -2.41. The van der Waals surface area contributed by atoms with E-state index in [4.69, 9.17) is 0 Å². The van der Waals surface area contributed by atoms with Crippen LogP contribution in [-0.2, 0) is 10.8 Å². The molecule has 0 aliphatic carbocycles. The van der Waals surface area contributed by atoms with Crippen molar-refractivity contribution in [1.82, 2.24) is 13.8 Å². The number of hydrogen-bond acceptors (Lipinski definition) is 1.